The van der Waals surface area contributed by atoms with Crippen molar-refractivity contribution in [3.05, 3.63) is 28.3 Å². The van der Waals surface area contributed by atoms with Crippen molar-refractivity contribution in [1.29, 1.82) is 0 Å². The predicted molar refractivity (Wildman–Crippen MR) is 95.5 cm³/mol. The molecule has 0 spiro atoms. The van der Waals surface area contributed by atoms with Crippen LogP contribution in [0, 0.1) is 27.7 Å². The predicted octanol–water partition coefficient (Wildman–Crippen LogP) is 5.07. The highest BCUT2D eigenvalue weighted by molar-refractivity contribution is 5.64. The SMILES string of the molecule is Cc1cc(C)c(C)c(N2C3CCC(CC3)N2C(C)(C)C)c1C. The molecule has 0 atom stereocenters. The van der Waals surface area contributed by atoms with Crippen molar-refractivity contribution in [2.24, 2.45) is 0 Å². The summed E-state index contributed by atoms with van der Waals surface area (Å²) in [6.45, 7) is 16.2. The molecule has 0 N–H and O–H groups in total. The van der Waals surface area contributed by atoms with Crippen LogP contribution in [-0.4, -0.2) is 22.6 Å². The molecule has 2 saturated heterocycles. The molecule has 1 aromatic carbocycles. The van der Waals surface area contributed by atoms with E-state index in [-0.39, 0.29) is 5.54 Å². The lowest BCUT2D eigenvalue weighted by atomic mass is 9.83. The maximum absolute atomic E-state index is 2.71. The molecule has 2 heteroatoms. The van der Waals surface area contributed by atoms with Crippen LogP contribution in [0.15, 0.2) is 6.07 Å². The first-order valence-electron chi connectivity index (χ1n) is 8.87. The van der Waals surface area contributed by atoms with Gasteiger partial charge in [0.1, 0.15) is 0 Å². The van der Waals surface area contributed by atoms with E-state index >= 15 is 0 Å². The van der Waals surface area contributed by atoms with Gasteiger partial charge in [-0.25, -0.2) is 5.01 Å². The Labute approximate surface area is 136 Å². The molecule has 0 aromatic heterocycles. The van der Waals surface area contributed by atoms with Crippen LogP contribution >= 0.6 is 0 Å². The number of hydrogen-bond donors (Lipinski definition) is 0. The summed E-state index contributed by atoms with van der Waals surface area (Å²) in [5.41, 5.74) is 7.44. The normalized spacial score (nSPS) is 25.9. The molecule has 1 aromatic rings. The van der Waals surface area contributed by atoms with E-state index in [0.29, 0.717) is 12.1 Å². The first-order chi connectivity index (χ1) is 10.2. The van der Waals surface area contributed by atoms with Crippen LogP contribution in [0.3, 0.4) is 0 Å². The van der Waals surface area contributed by atoms with Crippen molar-refractivity contribution in [1.82, 2.24) is 5.01 Å². The smallest absolute Gasteiger partial charge is 0.0589 e. The van der Waals surface area contributed by atoms with Gasteiger partial charge in [-0.05, 0) is 96.4 Å². The van der Waals surface area contributed by atoms with Crippen LogP contribution in [-0.2, 0) is 0 Å². The maximum Gasteiger partial charge on any atom is 0.0589 e. The van der Waals surface area contributed by atoms with Crippen molar-refractivity contribution < 1.29 is 0 Å². The van der Waals surface area contributed by atoms with Gasteiger partial charge in [0.15, 0.2) is 0 Å². The van der Waals surface area contributed by atoms with Gasteiger partial charge in [-0.2, -0.15) is 0 Å². The van der Waals surface area contributed by atoms with Crippen molar-refractivity contribution in [2.75, 3.05) is 5.01 Å². The van der Waals surface area contributed by atoms with Crippen LogP contribution in [0.1, 0.15) is 68.7 Å². The number of fused-ring (bicyclic) bond motifs is 3. The van der Waals surface area contributed by atoms with Crippen LogP contribution in [0.5, 0.6) is 0 Å². The number of hydrogen-bond acceptors (Lipinski definition) is 2. The third kappa shape index (κ3) is 2.36. The zero-order chi connectivity index (χ0) is 16.2. The molecule has 2 nitrogen and oxygen atoms in total. The Hall–Kier alpha value is -1.02. The van der Waals surface area contributed by atoms with Gasteiger partial charge in [-0.1, -0.05) is 6.07 Å². The van der Waals surface area contributed by atoms with Gasteiger partial charge in [-0.15, -0.1) is 0 Å². The van der Waals surface area contributed by atoms with Gasteiger partial charge in [-0.3, -0.25) is 0 Å². The lowest BCUT2D eigenvalue weighted by molar-refractivity contribution is -0.0146. The Morgan fingerprint density at radius 2 is 1.27 bits per heavy atom. The van der Waals surface area contributed by atoms with E-state index in [9.17, 15) is 0 Å². The van der Waals surface area contributed by atoms with E-state index in [2.05, 4.69) is 64.6 Å². The van der Waals surface area contributed by atoms with Crippen molar-refractivity contribution in [3.8, 4) is 0 Å². The van der Waals surface area contributed by atoms with Crippen LogP contribution < -0.4 is 5.01 Å². The molecule has 1 saturated carbocycles. The minimum atomic E-state index is 0.181. The van der Waals surface area contributed by atoms with E-state index in [1.54, 1.807) is 0 Å². The highest BCUT2D eigenvalue weighted by Gasteiger charge is 2.45. The molecule has 3 aliphatic rings. The van der Waals surface area contributed by atoms with Crippen molar-refractivity contribution in [2.45, 2.75) is 91.8 Å². The average Bonchev–Trinajstić information content (AvgIpc) is 2.45. The summed E-state index contributed by atoms with van der Waals surface area (Å²) in [7, 11) is 0. The molecular weight excluding hydrogens is 268 g/mol. The molecule has 1 aliphatic carbocycles. The van der Waals surface area contributed by atoms with Gasteiger partial charge in [0.25, 0.3) is 0 Å². The summed E-state index contributed by atoms with van der Waals surface area (Å²) in [6.07, 6.45) is 5.43. The van der Waals surface area contributed by atoms with Crippen LogP contribution in [0.2, 0.25) is 0 Å². The maximum atomic E-state index is 2.71. The van der Waals surface area contributed by atoms with Gasteiger partial charge in [0, 0.05) is 17.6 Å². The number of hydrazine groups is 1. The minimum absolute atomic E-state index is 0.181. The molecule has 22 heavy (non-hydrogen) atoms. The minimum Gasteiger partial charge on any atom is -0.301 e. The van der Waals surface area contributed by atoms with E-state index < -0.39 is 0 Å². The van der Waals surface area contributed by atoms with E-state index in [1.165, 1.54) is 53.6 Å². The molecule has 4 rings (SSSR count). The average molecular weight is 300 g/mol. The molecule has 2 bridgehead atoms. The first kappa shape index (κ1) is 15.9. The quantitative estimate of drug-likeness (QED) is 0.714. The summed E-state index contributed by atoms with van der Waals surface area (Å²) in [5, 5.41) is 5.40. The van der Waals surface area contributed by atoms with Crippen LogP contribution in [0.25, 0.3) is 0 Å². The van der Waals surface area contributed by atoms with Crippen LogP contribution in [0.4, 0.5) is 5.69 Å². The Morgan fingerprint density at radius 3 is 1.73 bits per heavy atom. The molecule has 0 unspecified atom stereocenters. The zero-order valence-corrected chi connectivity index (χ0v) is 15.5. The zero-order valence-electron chi connectivity index (χ0n) is 15.5. The fraction of sp³-hybridized carbons (Fsp3) is 0.700. The molecule has 3 fully saturated rings. The third-order valence-electron chi connectivity index (χ3n) is 5.83. The fourth-order valence-electron chi connectivity index (χ4n) is 4.60. The number of nitrogens with zero attached hydrogens (tertiary/aromatic N) is 2. The summed E-state index contributed by atoms with van der Waals surface area (Å²) in [5.74, 6) is 0. The number of anilines is 1. The van der Waals surface area contributed by atoms with Gasteiger partial charge in [0.05, 0.1) is 5.69 Å². The second-order valence-corrected chi connectivity index (χ2v) is 8.43. The standard InChI is InChI=1S/C20H32N2/c1-13-12-14(2)16(4)19(15(13)3)21-17-8-10-18(11-9-17)22(21)20(5,6)7/h12,17-18H,8-11H2,1-7H3. The second kappa shape index (κ2) is 5.26. The molecule has 0 radical (unpaired) electrons. The number of aryl methyl sites for hydroxylation is 2. The van der Waals surface area contributed by atoms with Gasteiger partial charge >= 0.3 is 0 Å². The van der Waals surface area contributed by atoms with Crippen molar-refractivity contribution in [3.63, 3.8) is 0 Å². The lowest BCUT2D eigenvalue weighted by Crippen LogP contribution is -2.67. The van der Waals surface area contributed by atoms with Crippen molar-refractivity contribution >= 4 is 5.69 Å². The summed E-state index contributed by atoms with van der Waals surface area (Å²) >= 11 is 0. The Kier molecular flexibility index (Phi) is 3.79. The first-order valence-corrected chi connectivity index (χ1v) is 8.87. The van der Waals surface area contributed by atoms with E-state index in [4.69, 9.17) is 0 Å². The van der Waals surface area contributed by atoms with E-state index in [0.717, 1.165) is 0 Å². The van der Waals surface area contributed by atoms with E-state index in [1.807, 2.05) is 0 Å². The summed E-state index contributed by atoms with van der Waals surface area (Å²) in [6, 6.07) is 3.74. The fourth-order valence-corrected chi connectivity index (χ4v) is 4.60. The van der Waals surface area contributed by atoms with Gasteiger partial charge < -0.3 is 5.01 Å². The molecule has 122 valence electrons. The molecule has 0 amide bonds. The molecule has 2 aliphatic heterocycles. The highest BCUT2D eigenvalue weighted by Crippen LogP contribution is 2.45. The Bertz CT molecular complexity index is 548. The molecular formula is C20H32N2. The Balaban J connectivity index is 2.17. The third-order valence-corrected chi connectivity index (χ3v) is 5.83. The summed E-state index contributed by atoms with van der Waals surface area (Å²) < 4.78 is 0. The number of benzene rings is 1. The lowest BCUT2D eigenvalue weighted by Gasteiger charge is -2.60. The monoisotopic (exact) mass is 300 g/mol. The largest absolute Gasteiger partial charge is 0.301 e. The topological polar surface area (TPSA) is 6.48 Å². The Morgan fingerprint density at radius 1 is 0.818 bits per heavy atom. The summed E-state index contributed by atoms with van der Waals surface area (Å²) in [4.78, 5) is 0. The highest BCUT2D eigenvalue weighted by atomic mass is 15.7. The number of rotatable bonds is 1. The van der Waals surface area contributed by atoms with Gasteiger partial charge in [0.2, 0.25) is 0 Å². The second-order valence-electron chi connectivity index (χ2n) is 8.43. The molecule has 2 heterocycles.